The van der Waals surface area contributed by atoms with Crippen molar-refractivity contribution >= 4 is 39.2 Å². The number of nitro groups is 1. The third-order valence-electron chi connectivity index (χ3n) is 4.12. The van der Waals surface area contributed by atoms with Gasteiger partial charge in [-0.05, 0) is 58.8 Å². The van der Waals surface area contributed by atoms with Crippen molar-refractivity contribution in [1.29, 1.82) is 0 Å². The number of carboxylic acids is 1. The highest BCUT2D eigenvalue weighted by atomic mass is 79.9. The maximum Gasteiger partial charge on any atom is 0.336 e. The highest BCUT2D eigenvalue weighted by molar-refractivity contribution is 9.10. The standard InChI is InChI=1S/C20H20BrNO8/c1-5-30-18-14(27-2)8-6-11(16(18)21)10-13(20(23)24)12-7-9-15(28-3)19(29-4)17(12)22(25)26/h6-10H,5H2,1-4H3,(H,23,24)/b13-10+. The first kappa shape index (κ1) is 23.0. The maximum atomic E-state index is 12.0. The second kappa shape index (κ2) is 9.97. The van der Waals surface area contributed by atoms with E-state index >= 15 is 0 Å². The van der Waals surface area contributed by atoms with Crippen LogP contribution in [0.3, 0.4) is 0 Å². The van der Waals surface area contributed by atoms with Crippen LogP contribution in [0.25, 0.3) is 11.6 Å². The number of carboxylic acid groups (broad SMARTS) is 1. The third-order valence-corrected chi connectivity index (χ3v) is 4.94. The van der Waals surface area contributed by atoms with E-state index in [0.29, 0.717) is 28.1 Å². The Morgan fingerprint density at radius 2 is 1.70 bits per heavy atom. The zero-order valence-corrected chi connectivity index (χ0v) is 18.3. The number of aliphatic carboxylic acids is 1. The average Bonchev–Trinajstić information content (AvgIpc) is 2.72. The van der Waals surface area contributed by atoms with Crippen LogP contribution in [-0.4, -0.2) is 43.9 Å². The molecule has 0 unspecified atom stereocenters. The number of halogens is 1. The number of hydrogen-bond acceptors (Lipinski definition) is 7. The van der Waals surface area contributed by atoms with Gasteiger partial charge >= 0.3 is 11.7 Å². The molecule has 0 saturated carbocycles. The molecule has 10 heteroatoms. The van der Waals surface area contributed by atoms with E-state index in [4.69, 9.17) is 18.9 Å². The molecule has 0 atom stereocenters. The van der Waals surface area contributed by atoms with Crippen molar-refractivity contribution in [2.45, 2.75) is 6.92 Å². The van der Waals surface area contributed by atoms with Gasteiger partial charge in [0.15, 0.2) is 17.2 Å². The lowest BCUT2D eigenvalue weighted by atomic mass is 9.99. The van der Waals surface area contributed by atoms with Crippen LogP contribution in [0.4, 0.5) is 5.69 Å². The molecule has 0 aliphatic rings. The van der Waals surface area contributed by atoms with Crippen molar-refractivity contribution < 1.29 is 33.8 Å². The fourth-order valence-corrected chi connectivity index (χ4v) is 3.38. The molecule has 0 radical (unpaired) electrons. The minimum atomic E-state index is -1.36. The summed E-state index contributed by atoms with van der Waals surface area (Å²) in [5.41, 5.74) is -0.525. The first-order chi connectivity index (χ1) is 14.3. The van der Waals surface area contributed by atoms with Gasteiger partial charge in [0, 0.05) is 0 Å². The molecule has 0 spiro atoms. The number of carbonyl (C=O) groups is 1. The number of methoxy groups -OCH3 is 3. The van der Waals surface area contributed by atoms with Crippen molar-refractivity contribution in [3.05, 3.63) is 50.0 Å². The summed E-state index contributed by atoms with van der Waals surface area (Å²) in [4.78, 5) is 23.1. The van der Waals surface area contributed by atoms with Crippen molar-refractivity contribution in [3.63, 3.8) is 0 Å². The Labute approximate surface area is 181 Å². The van der Waals surface area contributed by atoms with Gasteiger partial charge in [-0.1, -0.05) is 0 Å². The van der Waals surface area contributed by atoms with E-state index in [1.54, 1.807) is 19.1 Å². The van der Waals surface area contributed by atoms with E-state index in [0.717, 1.165) is 0 Å². The Balaban J connectivity index is 2.79. The van der Waals surface area contributed by atoms with Gasteiger partial charge in [0.1, 0.15) is 0 Å². The fraction of sp³-hybridized carbons (Fsp3) is 0.250. The van der Waals surface area contributed by atoms with Gasteiger partial charge in [-0.2, -0.15) is 0 Å². The van der Waals surface area contributed by atoms with Crippen molar-refractivity contribution in [3.8, 4) is 23.0 Å². The van der Waals surface area contributed by atoms with Gasteiger partial charge in [0.2, 0.25) is 5.75 Å². The fourth-order valence-electron chi connectivity index (χ4n) is 2.82. The molecule has 1 N–H and O–H groups in total. The van der Waals surface area contributed by atoms with E-state index < -0.39 is 16.6 Å². The van der Waals surface area contributed by atoms with E-state index in [2.05, 4.69) is 15.9 Å². The Kier molecular flexibility index (Phi) is 7.65. The van der Waals surface area contributed by atoms with Crippen molar-refractivity contribution in [2.24, 2.45) is 0 Å². The van der Waals surface area contributed by atoms with Gasteiger partial charge in [0.25, 0.3) is 0 Å². The van der Waals surface area contributed by atoms with E-state index in [1.165, 1.54) is 39.5 Å². The van der Waals surface area contributed by atoms with Crippen LogP contribution >= 0.6 is 15.9 Å². The molecule has 0 heterocycles. The predicted octanol–water partition coefficient (Wildman–Crippen LogP) is 4.41. The Bertz CT molecular complexity index is 1000. The van der Waals surface area contributed by atoms with Crippen LogP contribution in [-0.2, 0) is 4.79 Å². The second-order valence-corrected chi connectivity index (χ2v) is 6.54. The summed E-state index contributed by atoms with van der Waals surface area (Å²) in [6.45, 7) is 2.15. The summed E-state index contributed by atoms with van der Waals surface area (Å²) in [6.07, 6.45) is 1.31. The zero-order valence-electron chi connectivity index (χ0n) is 16.7. The number of benzene rings is 2. The van der Waals surface area contributed by atoms with E-state index in [-0.39, 0.29) is 22.6 Å². The zero-order chi connectivity index (χ0) is 22.4. The number of ether oxygens (including phenoxy) is 4. The smallest absolute Gasteiger partial charge is 0.336 e. The van der Waals surface area contributed by atoms with Crippen LogP contribution in [0.5, 0.6) is 23.0 Å². The van der Waals surface area contributed by atoms with Crippen LogP contribution in [0.15, 0.2) is 28.7 Å². The Hall–Kier alpha value is -3.27. The molecule has 30 heavy (non-hydrogen) atoms. The van der Waals surface area contributed by atoms with Gasteiger partial charge < -0.3 is 24.1 Å². The number of hydrogen-bond donors (Lipinski definition) is 1. The van der Waals surface area contributed by atoms with Crippen molar-refractivity contribution in [2.75, 3.05) is 27.9 Å². The lowest BCUT2D eigenvalue weighted by molar-refractivity contribution is -0.386. The Morgan fingerprint density at radius 1 is 1.10 bits per heavy atom. The summed E-state index contributed by atoms with van der Waals surface area (Å²) < 4.78 is 21.5. The van der Waals surface area contributed by atoms with Gasteiger partial charge in [0.05, 0.1) is 48.5 Å². The normalized spacial score (nSPS) is 11.0. The molecule has 0 aliphatic carbocycles. The van der Waals surface area contributed by atoms with Crippen LogP contribution < -0.4 is 18.9 Å². The minimum absolute atomic E-state index is 0.113. The summed E-state index contributed by atoms with van der Waals surface area (Å²) in [6, 6.07) is 5.94. The van der Waals surface area contributed by atoms with Gasteiger partial charge in [-0.25, -0.2) is 4.79 Å². The van der Waals surface area contributed by atoms with Gasteiger partial charge in [-0.15, -0.1) is 0 Å². The molecule has 2 aromatic rings. The molecule has 0 fully saturated rings. The third kappa shape index (κ3) is 4.48. The molecule has 9 nitrogen and oxygen atoms in total. The summed E-state index contributed by atoms with van der Waals surface area (Å²) in [7, 11) is 4.06. The first-order valence-corrected chi connectivity index (χ1v) is 9.43. The molecule has 160 valence electrons. The molecular formula is C20H20BrNO8. The monoisotopic (exact) mass is 481 g/mol. The lowest BCUT2D eigenvalue weighted by Gasteiger charge is -2.14. The minimum Gasteiger partial charge on any atom is -0.493 e. The maximum absolute atomic E-state index is 12.0. The predicted molar refractivity (Wildman–Crippen MR) is 114 cm³/mol. The van der Waals surface area contributed by atoms with Gasteiger partial charge in [-0.3, -0.25) is 10.1 Å². The molecule has 0 amide bonds. The van der Waals surface area contributed by atoms with Crippen LogP contribution in [0.1, 0.15) is 18.1 Å². The SMILES string of the molecule is CCOc1c(OC)ccc(/C=C(/C(=O)O)c2ccc(OC)c(OC)c2[N+](=O)[O-])c1Br. The highest BCUT2D eigenvalue weighted by Gasteiger charge is 2.30. The number of nitrogens with zero attached hydrogens (tertiary/aromatic N) is 1. The summed E-state index contributed by atoms with van der Waals surface area (Å²) >= 11 is 3.40. The van der Waals surface area contributed by atoms with Crippen LogP contribution in [0, 0.1) is 10.1 Å². The topological polar surface area (TPSA) is 117 Å². The molecule has 0 saturated heterocycles. The number of nitro benzene ring substituents is 1. The molecule has 0 aliphatic heterocycles. The highest BCUT2D eigenvalue weighted by Crippen LogP contribution is 2.44. The molecule has 2 aromatic carbocycles. The first-order valence-electron chi connectivity index (χ1n) is 8.64. The quantitative estimate of drug-likeness (QED) is 0.242. The molecule has 0 bridgehead atoms. The molecular weight excluding hydrogens is 462 g/mol. The summed E-state index contributed by atoms with van der Waals surface area (Å²) in [5, 5.41) is 21.6. The second-order valence-electron chi connectivity index (χ2n) is 5.75. The average molecular weight is 482 g/mol. The summed E-state index contributed by atoms with van der Waals surface area (Å²) in [5.74, 6) is -0.570. The molecule has 2 rings (SSSR count). The largest absolute Gasteiger partial charge is 0.493 e. The van der Waals surface area contributed by atoms with Crippen molar-refractivity contribution in [1.82, 2.24) is 0 Å². The number of rotatable bonds is 9. The molecule has 0 aromatic heterocycles. The van der Waals surface area contributed by atoms with E-state index in [9.17, 15) is 20.0 Å². The van der Waals surface area contributed by atoms with Crippen LogP contribution in [0.2, 0.25) is 0 Å². The Morgan fingerprint density at radius 3 is 2.20 bits per heavy atom. The van der Waals surface area contributed by atoms with E-state index in [1.807, 2.05) is 0 Å². The lowest BCUT2D eigenvalue weighted by Crippen LogP contribution is -2.06.